The Kier molecular flexibility index (Phi) is 4.93. The molecule has 0 radical (unpaired) electrons. The quantitative estimate of drug-likeness (QED) is 0.812. The molecule has 1 atom stereocenters. The smallest absolute Gasteiger partial charge is 0.317 e. The Morgan fingerprint density at radius 3 is 2.25 bits per heavy atom. The van der Waals surface area contributed by atoms with Gasteiger partial charge in [-0.2, -0.15) is 13.2 Å². The number of benzene rings is 2. The van der Waals surface area contributed by atoms with E-state index >= 15 is 0 Å². The van der Waals surface area contributed by atoms with Crippen LogP contribution in [0.2, 0.25) is 0 Å². The van der Waals surface area contributed by atoms with Crippen LogP contribution in [0.15, 0.2) is 59.6 Å². The fourth-order valence-corrected chi connectivity index (χ4v) is 2.88. The second-order valence-corrected chi connectivity index (χ2v) is 6.21. The van der Waals surface area contributed by atoms with Crippen LogP contribution in [0.3, 0.4) is 0 Å². The highest BCUT2D eigenvalue weighted by Gasteiger charge is 2.66. The van der Waals surface area contributed by atoms with Gasteiger partial charge in [-0.05, 0) is 17.7 Å². The molecule has 0 aromatic heterocycles. The SMILES string of the molecule is CC(=O)NC1(C(F)(F)F)N=C(c2ccccc2)N(Cc2ccc(F)cc2)C1=O. The van der Waals surface area contributed by atoms with E-state index in [9.17, 15) is 27.2 Å². The van der Waals surface area contributed by atoms with Crippen molar-refractivity contribution in [1.29, 1.82) is 0 Å². The van der Waals surface area contributed by atoms with Crippen LogP contribution in [0.25, 0.3) is 0 Å². The molecule has 0 aliphatic carbocycles. The Morgan fingerprint density at radius 2 is 1.71 bits per heavy atom. The third kappa shape index (κ3) is 3.47. The van der Waals surface area contributed by atoms with E-state index in [1.165, 1.54) is 24.3 Å². The Morgan fingerprint density at radius 1 is 1.11 bits per heavy atom. The first-order chi connectivity index (χ1) is 13.1. The van der Waals surface area contributed by atoms with E-state index in [4.69, 9.17) is 0 Å². The van der Waals surface area contributed by atoms with E-state index in [0.29, 0.717) is 5.56 Å². The monoisotopic (exact) mass is 393 g/mol. The molecule has 1 N–H and O–H groups in total. The predicted molar refractivity (Wildman–Crippen MR) is 92.5 cm³/mol. The molecule has 0 saturated carbocycles. The van der Waals surface area contributed by atoms with Gasteiger partial charge in [0.2, 0.25) is 5.91 Å². The zero-order valence-electron chi connectivity index (χ0n) is 14.6. The van der Waals surface area contributed by atoms with Gasteiger partial charge in [-0.1, -0.05) is 42.5 Å². The van der Waals surface area contributed by atoms with Gasteiger partial charge in [0.1, 0.15) is 11.7 Å². The van der Waals surface area contributed by atoms with Gasteiger partial charge in [0, 0.05) is 12.5 Å². The highest BCUT2D eigenvalue weighted by molar-refractivity contribution is 6.16. The van der Waals surface area contributed by atoms with Gasteiger partial charge in [-0.15, -0.1) is 0 Å². The van der Waals surface area contributed by atoms with Gasteiger partial charge >= 0.3 is 11.8 Å². The Labute approximate surface area is 157 Å². The van der Waals surface area contributed by atoms with Crippen LogP contribution in [-0.4, -0.2) is 34.4 Å². The zero-order valence-corrected chi connectivity index (χ0v) is 14.6. The van der Waals surface area contributed by atoms with Crippen molar-refractivity contribution in [3.63, 3.8) is 0 Å². The van der Waals surface area contributed by atoms with Crippen LogP contribution in [0.5, 0.6) is 0 Å². The zero-order chi connectivity index (χ0) is 20.5. The lowest BCUT2D eigenvalue weighted by Gasteiger charge is -2.28. The van der Waals surface area contributed by atoms with Crippen molar-refractivity contribution in [1.82, 2.24) is 10.2 Å². The van der Waals surface area contributed by atoms with Gasteiger partial charge < -0.3 is 5.32 Å². The molecule has 1 heterocycles. The van der Waals surface area contributed by atoms with Crippen molar-refractivity contribution >= 4 is 17.6 Å². The molecule has 0 fully saturated rings. The lowest BCUT2D eigenvalue weighted by molar-refractivity contribution is -0.200. The summed E-state index contributed by atoms with van der Waals surface area (Å²) in [7, 11) is 0. The summed E-state index contributed by atoms with van der Waals surface area (Å²) >= 11 is 0. The van der Waals surface area contributed by atoms with Crippen LogP contribution < -0.4 is 5.32 Å². The highest BCUT2D eigenvalue weighted by Crippen LogP contribution is 2.38. The molecule has 2 amide bonds. The summed E-state index contributed by atoms with van der Waals surface area (Å²) in [4.78, 5) is 28.8. The van der Waals surface area contributed by atoms with Gasteiger partial charge in [0.25, 0.3) is 5.91 Å². The van der Waals surface area contributed by atoms with Crippen LogP contribution in [0.4, 0.5) is 17.6 Å². The predicted octanol–water partition coefficient (Wildman–Crippen LogP) is 3.01. The Bertz CT molecular complexity index is 926. The van der Waals surface area contributed by atoms with Crippen molar-refractivity contribution in [3.8, 4) is 0 Å². The van der Waals surface area contributed by atoms with E-state index in [0.717, 1.165) is 24.0 Å². The maximum atomic E-state index is 13.9. The molecule has 1 aliphatic rings. The minimum Gasteiger partial charge on any atom is -0.317 e. The summed E-state index contributed by atoms with van der Waals surface area (Å²) in [5, 5.41) is 1.67. The van der Waals surface area contributed by atoms with Crippen LogP contribution >= 0.6 is 0 Å². The first-order valence-corrected chi connectivity index (χ1v) is 8.21. The number of amides is 2. The number of hydrogen-bond donors (Lipinski definition) is 1. The third-order valence-electron chi connectivity index (χ3n) is 4.14. The number of hydrogen-bond acceptors (Lipinski definition) is 3. The largest absolute Gasteiger partial charge is 0.442 e. The number of rotatable bonds is 4. The average Bonchev–Trinajstić information content (AvgIpc) is 2.91. The Hall–Kier alpha value is -3.23. The molecular weight excluding hydrogens is 378 g/mol. The van der Waals surface area contributed by atoms with Gasteiger partial charge in [-0.3, -0.25) is 14.5 Å². The number of aliphatic imine (C=N–C) groups is 1. The average molecular weight is 393 g/mol. The molecule has 5 nitrogen and oxygen atoms in total. The maximum absolute atomic E-state index is 13.9. The number of nitrogens with one attached hydrogen (secondary N) is 1. The molecule has 1 unspecified atom stereocenters. The topological polar surface area (TPSA) is 61.8 Å². The van der Waals surface area contributed by atoms with Crippen LogP contribution in [-0.2, 0) is 16.1 Å². The molecular formula is C19H15F4N3O2. The molecule has 0 bridgehead atoms. The van der Waals surface area contributed by atoms with Gasteiger partial charge in [0.05, 0.1) is 6.54 Å². The number of amidine groups is 1. The fraction of sp³-hybridized carbons (Fsp3) is 0.211. The van der Waals surface area contributed by atoms with Crippen molar-refractivity contribution in [2.45, 2.75) is 25.3 Å². The normalized spacial score (nSPS) is 19.5. The molecule has 2 aromatic carbocycles. The van der Waals surface area contributed by atoms with Crippen LogP contribution in [0.1, 0.15) is 18.1 Å². The number of carbonyl (C=O) groups excluding carboxylic acids is 2. The first-order valence-electron chi connectivity index (χ1n) is 8.21. The van der Waals surface area contributed by atoms with Gasteiger partial charge in [0.15, 0.2) is 0 Å². The minimum absolute atomic E-state index is 0.235. The molecule has 3 rings (SSSR count). The van der Waals surface area contributed by atoms with E-state index in [1.54, 1.807) is 23.5 Å². The lowest BCUT2D eigenvalue weighted by Crippen LogP contribution is -2.62. The first kappa shape index (κ1) is 19.5. The molecule has 9 heteroatoms. The van der Waals surface area contributed by atoms with Gasteiger partial charge in [-0.25, -0.2) is 9.38 Å². The van der Waals surface area contributed by atoms with E-state index < -0.39 is 29.5 Å². The second-order valence-electron chi connectivity index (χ2n) is 6.21. The van der Waals surface area contributed by atoms with E-state index in [1.807, 2.05) is 0 Å². The summed E-state index contributed by atoms with van der Waals surface area (Å²) in [5.41, 5.74) is -2.74. The lowest BCUT2D eigenvalue weighted by atomic mass is 10.1. The molecule has 2 aromatic rings. The second kappa shape index (κ2) is 7.06. The summed E-state index contributed by atoms with van der Waals surface area (Å²) in [6.07, 6.45) is -5.16. The fourth-order valence-electron chi connectivity index (χ4n) is 2.88. The van der Waals surface area contributed by atoms with Crippen molar-refractivity contribution in [2.75, 3.05) is 0 Å². The van der Waals surface area contributed by atoms with Crippen LogP contribution in [0, 0.1) is 5.82 Å². The number of alkyl halides is 3. The standard InChI is InChI=1S/C19H15F4N3O2/c1-12(27)24-18(19(21,22)23)17(28)26(11-13-7-9-15(20)10-8-13)16(25-18)14-5-3-2-4-6-14/h2-10H,11H2,1H3,(H,24,27). The summed E-state index contributed by atoms with van der Waals surface area (Å²) in [6.45, 7) is 0.603. The Balaban J connectivity index is 2.12. The molecule has 1 aliphatic heterocycles. The molecule has 28 heavy (non-hydrogen) atoms. The maximum Gasteiger partial charge on any atom is 0.442 e. The minimum atomic E-state index is -5.16. The van der Waals surface area contributed by atoms with E-state index in [-0.39, 0.29) is 17.9 Å². The summed E-state index contributed by atoms with van der Waals surface area (Å²) in [6, 6.07) is 12.8. The van der Waals surface area contributed by atoms with E-state index in [2.05, 4.69) is 4.99 Å². The number of nitrogens with zero attached hydrogens (tertiary/aromatic N) is 2. The molecule has 146 valence electrons. The number of carbonyl (C=O) groups is 2. The molecule has 0 spiro atoms. The number of halogens is 4. The third-order valence-corrected chi connectivity index (χ3v) is 4.14. The van der Waals surface area contributed by atoms with Crippen molar-refractivity contribution in [3.05, 3.63) is 71.5 Å². The van der Waals surface area contributed by atoms with Crippen molar-refractivity contribution in [2.24, 2.45) is 4.99 Å². The molecule has 0 saturated heterocycles. The summed E-state index contributed by atoms with van der Waals surface area (Å²) < 4.78 is 54.7. The van der Waals surface area contributed by atoms with Crippen molar-refractivity contribution < 1.29 is 27.2 Å². The highest BCUT2D eigenvalue weighted by atomic mass is 19.4. The summed E-state index contributed by atoms with van der Waals surface area (Å²) in [5.74, 6) is -3.24.